The normalized spacial score (nSPS) is 19.2. The van der Waals surface area contributed by atoms with Gasteiger partial charge in [0, 0.05) is 0 Å². The maximum Gasteiger partial charge on any atom is 0.335 e. The summed E-state index contributed by atoms with van der Waals surface area (Å²) in [6.07, 6.45) is 1.07. The fourth-order valence-electron chi connectivity index (χ4n) is 2.28. The van der Waals surface area contributed by atoms with Crippen molar-refractivity contribution in [3.8, 4) is 0 Å². The van der Waals surface area contributed by atoms with Crippen LogP contribution in [0.15, 0.2) is 18.2 Å². The predicted octanol–water partition coefficient (Wildman–Crippen LogP) is 2.65. The number of barbiturate groups is 1. The third-order valence-electron chi connectivity index (χ3n) is 3.26. The lowest BCUT2D eigenvalue weighted by molar-refractivity contribution is -0.134. The van der Waals surface area contributed by atoms with E-state index in [1.807, 2.05) is 6.92 Å². The highest BCUT2D eigenvalue weighted by Crippen LogP contribution is 2.32. The first-order valence-corrected chi connectivity index (χ1v) is 6.79. The first-order valence-electron chi connectivity index (χ1n) is 6.41. The van der Waals surface area contributed by atoms with E-state index in [-0.39, 0.29) is 0 Å². The number of carbonyl (C=O) groups excluding carboxylic acids is 3. The lowest BCUT2D eigenvalue weighted by Crippen LogP contribution is -2.58. The second-order valence-corrected chi connectivity index (χ2v) is 5.12. The second-order valence-electron chi connectivity index (χ2n) is 4.71. The number of hydrogen-bond donors (Lipinski definition) is 1. The van der Waals surface area contributed by atoms with Gasteiger partial charge < -0.3 is 0 Å². The fraction of sp³-hybridized carbons (Fsp3) is 0.357. The molecule has 1 aromatic carbocycles. The van der Waals surface area contributed by atoms with E-state index >= 15 is 0 Å². The van der Waals surface area contributed by atoms with E-state index in [9.17, 15) is 14.4 Å². The monoisotopic (exact) mass is 294 g/mol. The van der Waals surface area contributed by atoms with E-state index in [2.05, 4.69) is 5.32 Å². The van der Waals surface area contributed by atoms with Crippen molar-refractivity contribution < 1.29 is 14.4 Å². The number of anilines is 1. The number of rotatable bonds is 3. The maximum atomic E-state index is 12.4. The van der Waals surface area contributed by atoms with Crippen molar-refractivity contribution in [1.29, 1.82) is 0 Å². The van der Waals surface area contributed by atoms with Crippen molar-refractivity contribution >= 4 is 35.1 Å². The van der Waals surface area contributed by atoms with Gasteiger partial charge in [0.2, 0.25) is 11.8 Å². The predicted molar refractivity (Wildman–Crippen MR) is 75.6 cm³/mol. The van der Waals surface area contributed by atoms with Gasteiger partial charge in [-0.25, -0.2) is 9.69 Å². The molecule has 1 unspecified atom stereocenters. The largest absolute Gasteiger partial charge is 0.335 e. The summed E-state index contributed by atoms with van der Waals surface area (Å²) >= 11 is 6.10. The number of carbonyl (C=O) groups is 3. The summed E-state index contributed by atoms with van der Waals surface area (Å²) < 4.78 is 0. The molecule has 20 heavy (non-hydrogen) atoms. The highest BCUT2D eigenvalue weighted by atomic mass is 35.5. The third kappa shape index (κ3) is 2.41. The van der Waals surface area contributed by atoms with Gasteiger partial charge >= 0.3 is 6.03 Å². The van der Waals surface area contributed by atoms with Crippen LogP contribution < -0.4 is 10.2 Å². The summed E-state index contributed by atoms with van der Waals surface area (Å²) in [5.74, 6) is -1.90. The van der Waals surface area contributed by atoms with Crippen molar-refractivity contribution in [1.82, 2.24) is 5.32 Å². The van der Waals surface area contributed by atoms with Gasteiger partial charge in [-0.3, -0.25) is 14.9 Å². The summed E-state index contributed by atoms with van der Waals surface area (Å²) in [5.41, 5.74) is 1.04. The lowest BCUT2D eigenvalue weighted by Gasteiger charge is -2.31. The Bertz CT molecular complexity index is 566. The van der Waals surface area contributed by atoms with Gasteiger partial charge in [-0.1, -0.05) is 37.1 Å². The molecule has 1 saturated heterocycles. The third-order valence-corrected chi connectivity index (χ3v) is 3.56. The molecule has 0 saturated carbocycles. The fourth-order valence-corrected chi connectivity index (χ4v) is 2.58. The van der Waals surface area contributed by atoms with E-state index in [0.29, 0.717) is 29.1 Å². The number of benzene rings is 1. The molecule has 106 valence electrons. The van der Waals surface area contributed by atoms with Crippen molar-refractivity contribution in [3.63, 3.8) is 0 Å². The van der Waals surface area contributed by atoms with E-state index in [1.165, 1.54) is 0 Å². The van der Waals surface area contributed by atoms with Crippen LogP contribution in [-0.2, 0) is 9.59 Å². The van der Waals surface area contributed by atoms with Gasteiger partial charge in [-0.2, -0.15) is 0 Å². The van der Waals surface area contributed by atoms with Crippen LogP contribution >= 0.6 is 11.6 Å². The number of nitrogens with one attached hydrogen (secondary N) is 1. The molecule has 0 spiro atoms. The van der Waals surface area contributed by atoms with Gasteiger partial charge in [0.1, 0.15) is 5.92 Å². The Morgan fingerprint density at radius 3 is 2.60 bits per heavy atom. The molecule has 0 aromatic heterocycles. The number of urea groups is 1. The molecule has 5 nitrogen and oxygen atoms in total. The number of amides is 4. The van der Waals surface area contributed by atoms with Gasteiger partial charge in [-0.05, 0) is 25.0 Å². The molecule has 1 heterocycles. The summed E-state index contributed by atoms with van der Waals surface area (Å²) in [4.78, 5) is 37.1. The minimum Gasteiger partial charge on any atom is -0.277 e. The standard InChI is InChI=1S/C14H15ClN2O3/c1-3-5-9-12(18)16-14(20)17(13(9)19)11-8(2)6-4-7-10(11)15/h4,6-7,9H,3,5H2,1-2H3,(H,16,18,20). The smallest absolute Gasteiger partial charge is 0.277 e. The van der Waals surface area contributed by atoms with Crippen LogP contribution in [-0.4, -0.2) is 17.8 Å². The average Bonchev–Trinajstić information content (AvgIpc) is 2.37. The van der Waals surface area contributed by atoms with Crippen LogP contribution in [0.4, 0.5) is 10.5 Å². The number of para-hydroxylation sites is 1. The average molecular weight is 295 g/mol. The van der Waals surface area contributed by atoms with Gasteiger partial charge in [0.05, 0.1) is 10.7 Å². The van der Waals surface area contributed by atoms with Crippen LogP contribution in [0.3, 0.4) is 0 Å². The highest BCUT2D eigenvalue weighted by molar-refractivity contribution is 6.37. The lowest BCUT2D eigenvalue weighted by atomic mass is 9.98. The molecule has 0 bridgehead atoms. The molecule has 6 heteroatoms. The summed E-state index contributed by atoms with van der Waals surface area (Å²) in [5, 5.41) is 2.52. The molecule has 1 fully saturated rings. The van der Waals surface area contributed by atoms with Crippen LogP contribution in [0.1, 0.15) is 25.3 Å². The molecule has 0 radical (unpaired) electrons. The van der Waals surface area contributed by atoms with Crippen LogP contribution in [0.25, 0.3) is 0 Å². The van der Waals surface area contributed by atoms with Crippen molar-refractivity contribution in [3.05, 3.63) is 28.8 Å². The van der Waals surface area contributed by atoms with Gasteiger partial charge in [0.15, 0.2) is 0 Å². The Balaban J connectivity index is 2.47. The van der Waals surface area contributed by atoms with E-state index < -0.39 is 23.8 Å². The SMILES string of the molecule is CCCC1C(=O)NC(=O)N(c2c(C)cccc2Cl)C1=O. The van der Waals surface area contributed by atoms with Crippen LogP contribution in [0.2, 0.25) is 5.02 Å². The molecular weight excluding hydrogens is 280 g/mol. The molecule has 0 aliphatic carbocycles. The zero-order valence-electron chi connectivity index (χ0n) is 11.3. The first kappa shape index (κ1) is 14.5. The zero-order valence-corrected chi connectivity index (χ0v) is 12.0. The highest BCUT2D eigenvalue weighted by Gasteiger charge is 2.41. The molecule has 2 rings (SSSR count). The van der Waals surface area contributed by atoms with Crippen LogP contribution in [0.5, 0.6) is 0 Å². The maximum absolute atomic E-state index is 12.4. The Hall–Kier alpha value is -1.88. The Kier molecular flexibility index (Phi) is 4.09. The quantitative estimate of drug-likeness (QED) is 0.872. The molecule has 1 aromatic rings. The first-order chi connectivity index (χ1) is 9.47. The second kappa shape index (κ2) is 5.63. The molecular formula is C14H15ClN2O3. The minimum atomic E-state index is -0.839. The number of halogens is 1. The summed E-state index contributed by atoms with van der Waals surface area (Å²) in [6.45, 7) is 3.63. The molecule has 1 aliphatic rings. The number of imide groups is 2. The minimum absolute atomic E-state index is 0.304. The summed E-state index contributed by atoms with van der Waals surface area (Å²) in [7, 11) is 0. The Morgan fingerprint density at radius 2 is 2.00 bits per heavy atom. The zero-order chi connectivity index (χ0) is 14.9. The van der Waals surface area contributed by atoms with E-state index in [1.54, 1.807) is 25.1 Å². The van der Waals surface area contributed by atoms with Gasteiger partial charge in [0.25, 0.3) is 0 Å². The molecule has 1 aliphatic heterocycles. The topological polar surface area (TPSA) is 66.5 Å². The van der Waals surface area contributed by atoms with Crippen molar-refractivity contribution in [2.75, 3.05) is 4.90 Å². The van der Waals surface area contributed by atoms with Crippen molar-refractivity contribution in [2.45, 2.75) is 26.7 Å². The number of nitrogens with zero attached hydrogens (tertiary/aromatic N) is 1. The van der Waals surface area contributed by atoms with Crippen LogP contribution in [0, 0.1) is 12.8 Å². The molecule has 1 atom stereocenters. The molecule has 1 N–H and O–H groups in total. The van der Waals surface area contributed by atoms with E-state index in [4.69, 9.17) is 11.6 Å². The number of aryl methyl sites for hydroxylation is 1. The summed E-state index contributed by atoms with van der Waals surface area (Å²) in [6, 6.07) is 4.36. The van der Waals surface area contributed by atoms with E-state index in [0.717, 1.165) is 4.90 Å². The van der Waals surface area contributed by atoms with Crippen molar-refractivity contribution in [2.24, 2.45) is 5.92 Å². The molecule has 4 amide bonds. The Morgan fingerprint density at radius 1 is 1.30 bits per heavy atom. The Labute approximate surface area is 121 Å². The number of hydrogen-bond acceptors (Lipinski definition) is 3. The van der Waals surface area contributed by atoms with Gasteiger partial charge in [-0.15, -0.1) is 0 Å².